The van der Waals surface area contributed by atoms with E-state index in [9.17, 15) is 26.4 Å². The van der Waals surface area contributed by atoms with Crippen LogP contribution in [0.4, 0.5) is 13.2 Å². The van der Waals surface area contributed by atoms with E-state index in [4.69, 9.17) is 0 Å². The van der Waals surface area contributed by atoms with E-state index in [1.165, 1.54) is 19.2 Å². The minimum absolute atomic E-state index is 0.0490. The lowest BCUT2D eigenvalue weighted by Gasteiger charge is -2.13. The third kappa shape index (κ3) is 5.74. The van der Waals surface area contributed by atoms with E-state index in [-0.39, 0.29) is 18.3 Å². The van der Waals surface area contributed by atoms with Crippen LogP contribution in [0.2, 0.25) is 0 Å². The molecule has 9 heteroatoms. The Kier molecular flexibility index (Phi) is 6.43. The van der Waals surface area contributed by atoms with Crippen molar-refractivity contribution in [3.05, 3.63) is 29.8 Å². The molecule has 0 aliphatic heterocycles. The second-order valence-electron chi connectivity index (χ2n) is 4.92. The van der Waals surface area contributed by atoms with E-state index < -0.39 is 21.4 Å². The molecule has 1 aromatic carbocycles. The van der Waals surface area contributed by atoms with Crippen molar-refractivity contribution in [1.82, 2.24) is 0 Å². The number of halogens is 3. The summed E-state index contributed by atoms with van der Waals surface area (Å²) >= 11 is 0. The Hall–Kier alpha value is -1.77. The molecule has 0 amide bonds. The first kappa shape index (κ1) is 19.3. The maximum atomic E-state index is 12.2. The monoisotopic (exact) mass is 354 g/mol. The molecular formula is C14H17F3O5S. The van der Waals surface area contributed by atoms with Gasteiger partial charge < -0.3 is 8.92 Å². The summed E-state index contributed by atoms with van der Waals surface area (Å²) in [5.41, 5.74) is -4.67. The highest BCUT2D eigenvalue weighted by atomic mass is 32.2. The smallest absolute Gasteiger partial charge is 0.469 e. The first-order valence-electron chi connectivity index (χ1n) is 6.74. The summed E-state index contributed by atoms with van der Waals surface area (Å²) in [7, 11) is -4.36. The molecule has 1 aromatic rings. The zero-order valence-electron chi connectivity index (χ0n) is 12.6. The number of carbonyl (C=O) groups is 1. The molecule has 0 bridgehead atoms. The molecule has 0 unspecified atom stereocenters. The van der Waals surface area contributed by atoms with Gasteiger partial charge in [-0.25, -0.2) is 0 Å². The highest BCUT2D eigenvalue weighted by Crippen LogP contribution is 2.28. The van der Waals surface area contributed by atoms with E-state index in [0.29, 0.717) is 12.8 Å². The maximum absolute atomic E-state index is 12.2. The number of methoxy groups -OCH3 is 1. The maximum Gasteiger partial charge on any atom is 0.534 e. The third-order valence-electron chi connectivity index (χ3n) is 3.18. The summed E-state index contributed by atoms with van der Waals surface area (Å²) in [6, 6.07) is 5.30. The molecule has 0 aromatic heterocycles. The summed E-state index contributed by atoms with van der Waals surface area (Å²) in [6.07, 6.45) is 1.57. The Morgan fingerprint density at radius 2 is 1.78 bits per heavy atom. The van der Waals surface area contributed by atoms with Gasteiger partial charge in [0, 0.05) is 6.42 Å². The van der Waals surface area contributed by atoms with Crippen LogP contribution in [0.3, 0.4) is 0 Å². The summed E-state index contributed by atoms with van der Waals surface area (Å²) in [6.45, 7) is 1.89. The van der Waals surface area contributed by atoms with Crippen LogP contribution in [0.5, 0.6) is 5.75 Å². The van der Waals surface area contributed by atoms with Gasteiger partial charge in [-0.15, -0.1) is 0 Å². The summed E-state index contributed by atoms with van der Waals surface area (Å²) in [5, 5.41) is 0. The van der Waals surface area contributed by atoms with Gasteiger partial charge >= 0.3 is 21.6 Å². The summed E-state index contributed by atoms with van der Waals surface area (Å²) in [4.78, 5) is 11.0. The van der Waals surface area contributed by atoms with Crippen molar-refractivity contribution in [1.29, 1.82) is 0 Å². The first-order valence-corrected chi connectivity index (χ1v) is 8.15. The van der Waals surface area contributed by atoms with Crippen LogP contribution in [0.15, 0.2) is 24.3 Å². The molecule has 1 rings (SSSR count). The van der Waals surface area contributed by atoms with Crippen LogP contribution >= 0.6 is 0 Å². The molecule has 0 saturated carbocycles. The minimum atomic E-state index is -5.66. The molecule has 0 fully saturated rings. The van der Waals surface area contributed by atoms with E-state index in [1.807, 2.05) is 6.92 Å². The molecular weight excluding hydrogens is 337 g/mol. The van der Waals surface area contributed by atoms with Crippen molar-refractivity contribution < 1.29 is 35.3 Å². The molecule has 0 aliphatic rings. The van der Waals surface area contributed by atoms with Crippen molar-refractivity contribution in [2.24, 2.45) is 0 Å². The molecule has 0 radical (unpaired) electrons. The Balaban J connectivity index is 2.64. The van der Waals surface area contributed by atoms with E-state index in [1.54, 1.807) is 0 Å². The largest absolute Gasteiger partial charge is 0.534 e. The summed E-state index contributed by atoms with van der Waals surface area (Å²) < 4.78 is 66.9. The lowest BCUT2D eigenvalue weighted by Crippen LogP contribution is -2.28. The van der Waals surface area contributed by atoms with Crippen LogP contribution in [0.1, 0.15) is 37.7 Å². The zero-order chi connectivity index (χ0) is 17.7. The molecule has 1 atom stereocenters. The van der Waals surface area contributed by atoms with Gasteiger partial charge in [-0.2, -0.15) is 21.6 Å². The average molecular weight is 354 g/mol. The SMILES string of the molecule is COC(=O)CCC[C@@H](C)c1ccc(OS(=O)(=O)C(F)(F)F)cc1. The highest BCUT2D eigenvalue weighted by molar-refractivity contribution is 7.87. The van der Waals surface area contributed by atoms with Gasteiger partial charge in [0.25, 0.3) is 0 Å². The van der Waals surface area contributed by atoms with E-state index in [2.05, 4.69) is 8.92 Å². The van der Waals surface area contributed by atoms with Gasteiger partial charge in [-0.05, 0) is 36.5 Å². The fraction of sp³-hybridized carbons (Fsp3) is 0.500. The highest BCUT2D eigenvalue weighted by Gasteiger charge is 2.48. The Labute approximate surface area is 132 Å². The molecule has 0 N–H and O–H groups in total. The number of ether oxygens (including phenoxy) is 1. The van der Waals surface area contributed by atoms with E-state index >= 15 is 0 Å². The molecule has 23 heavy (non-hydrogen) atoms. The van der Waals surface area contributed by atoms with Gasteiger partial charge in [-0.3, -0.25) is 4.79 Å². The standard InChI is InChI=1S/C14H17F3O5S/c1-10(4-3-5-13(18)21-2)11-6-8-12(9-7-11)22-23(19,20)14(15,16)17/h6-10H,3-5H2,1-2H3/t10-/m1/s1. The van der Waals surface area contributed by atoms with Crippen molar-refractivity contribution in [2.45, 2.75) is 37.6 Å². The molecule has 0 spiro atoms. The molecule has 0 saturated heterocycles. The number of hydrogen-bond acceptors (Lipinski definition) is 5. The normalized spacial score (nSPS) is 13.4. The van der Waals surface area contributed by atoms with Crippen molar-refractivity contribution in [3.63, 3.8) is 0 Å². The van der Waals surface area contributed by atoms with Crippen molar-refractivity contribution in [3.8, 4) is 5.75 Å². The molecule has 5 nitrogen and oxygen atoms in total. The number of rotatable bonds is 7. The molecule has 0 heterocycles. The van der Waals surface area contributed by atoms with E-state index in [0.717, 1.165) is 17.7 Å². The number of carbonyl (C=O) groups excluding carboxylic acids is 1. The molecule has 0 aliphatic carbocycles. The van der Waals surface area contributed by atoms with Gasteiger partial charge in [0.05, 0.1) is 7.11 Å². The number of benzene rings is 1. The van der Waals surface area contributed by atoms with Gasteiger partial charge in [0.1, 0.15) is 5.75 Å². The van der Waals surface area contributed by atoms with Crippen LogP contribution in [-0.4, -0.2) is 27.0 Å². The fourth-order valence-corrected chi connectivity index (χ4v) is 2.31. The second kappa shape index (κ2) is 7.67. The Bertz CT molecular complexity index is 623. The molecule has 130 valence electrons. The number of alkyl halides is 3. The first-order chi connectivity index (χ1) is 10.6. The third-order valence-corrected chi connectivity index (χ3v) is 4.16. The fourth-order valence-electron chi connectivity index (χ4n) is 1.85. The predicted molar refractivity (Wildman–Crippen MR) is 76.3 cm³/mol. The summed E-state index contributed by atoms with van der Waals surface area (Å²) in [5.74, 6) is -0.668. The topological polar surface area (TPSA) is 69.7 Å². The number of hydrogen-bond donors (Lipinski definition) is 0. The average Bonchev–Trinajstić information content (AvgIpc) is 2.46. The zero-order valence-corrected chi connectivity index (χ0v) is 13.4. The van der Waals surface area contributed by atoms with Crippen LogP contribution < -0.4 is 4.18 Å². The predicted octanol–water partition coefficient (Wildman–Crippen LogP) is 3.36. The van der Waals surface area contributed by atoms with Crippen molar-refractivity contribution in [2.75, 3.05) is 7.11 Å². The minimum Gasteiger partial charge on any atom is -0.469 e. The Morgan fingerprint density at radius 1 is 1.22 bits per heavy atom. The van der Waals surface area contributed by atoms with Crippen LogP contribution in [-0.2, 0) is 19.6 Å². The van der Waals surface area contributed by atoms with Gasteiger partial charge in [-0.1, -0.05) is 19.1 Å². The quantitative estimate of drug-likeness (QED) is 0.427. The lowest BCUT2D eigenvalue weighted by molar-refractivity contribution is -0.140. The van der Waals surface area contributed by atoms with Gasteiger partial charge in [0.15, 0.2) is 0 Å². The van der Waals surface area contributed by atoms with Crippen LogP contribution in [0, 0.1) is 0 Å². The lowest BCUT2D eigenvalue weighted by atomic mass is 9.95. The number of esters is 1. The Morgan fingerprint density at radius 3 is 2.26 bits per heavy atom. The van der Waals surface area contributed by atoms with Crippen LogP contribution in [0.25, 0.3) is 0 Å². The van der Waals surface area contributed by atoms with Gasteiger partial charge in [0.2, 0.25) is 0 Å². The second-order valence-corrected chi connectivity index (χ2v) is 6.46. The van der Waals surface area contributed by atoms with Crippen molar-refractivity contribution >= 4 is 16.1 Å².